The van der Waals surface area contributed by atoms with E-state index in [0.29, 0.717) is 12.8 Å². The van der Waals surface area contributed by atoms with Crippen LogP contribution in [0, 0.1) is 6.92 Å². The van der Waals surface area contributed by atoms with Crippen molar-refractivity contribution >= 4 is 11.9 Å². The number of benzene rings is 1. The molecular weight excluding hydrogens is 334 g/mol. The fourth-order valence-corrected chi connectivity index (χ4v) is 3.40. The number of ether oxygens (including phenoxy) is 1. The summed E-state index contributed by atoms with van der Waals surface area (Å²) < 4.78 is 6.80. The number of aliphatic carboxylic acids is 1. The summed E-state index contributed by atoms with van der Waals surface area (Å²) in [6.07, 6.45) is 3.49. The van der Waals surface area contributed by atoms with Crippen molar-refractivity contribution in [3.8, 4) is 11.4 Å². The molecule has 0 saturated heterocycles. The summed E-state index contributed by atoms with van der Waals surface area (Å²) in [5.41, 5.74) is 0.610. The number of nitrogens with zero attached hydrogens (tertiary/aromatic N) is 2. The highest BCUT2D eigenvalue weighted by Crippen LogP contribution is 2.29. The second-order valence-electron chi connectivity index (χ2n) is 6.68. The largest absolute Gasteiger partial charge is 0.497 e. The van der Waals surface area contributed by atoms with Gasteiger partial charge in [-0.1, -0.05) is 19.3 Å². The molecule has 0 spiro atoms. The van der Waals surface area contributed by atoms with Gasteiger partial charge in [0.25, 0.3) is 5.91 Å². The number of aromatic nitrogens is 2. The highest BCUT2D eigenvalue weighted by atomic mass is 16.5. The number of carboxylic acid groups (broad SMARTS) is 1. The van der Waals surface area contributed by atoms with Crippen LogP contribution in [0.15, 0.2) is 30.3 Å². The third-order valence-electron chi connectivity index (χ3n) is 4.91. The fraction of sp³-hybridized carbons (Fsp3) is 0.421. The molecule has 1 aliphatic rings. The first-order valence-corrected chi connectivity index (χ1v) is 8.72. The van der Waals surface area contributed by atoms with Crippen molar-refractivity contribution in [1.82, 2.24) is 15.1 Å². The van der Waals surface area contributed by atoms with Gasteiger partial charge in [0.15, 0.2) is 5.69 Å². The van der Waals surface area contributed by atoms with Crippen molar-refractivity contribution in [3.63, 3.8) is 0 Å². The Labute approximate surface area is 152 Å². The summed E-state index contributed by atoms with van der Waals surface area (Å²) >= 11 is 0. The molecule has 0 bridgehead atoms. The van der Waals surface area contributed by atoms with Gasteiger partial charge in [0.1, 0.15) is 11.3 Å². The van der Waals surface area contributed by atoms with E-state index >= 15 is 0 Å². The molecule has 0 aliphatic heterocycles. The molecule has 7 nitrogen and oxygen atoms in total. The third kappa shape index (κ3) is 3.42. The number of hydrogen-bond donors (Lipinski definition) is 2. The number of rotatable bonds is 5. The van der Waals surface area contributed by atoms with Crippen LogP contribution in [0.2, 0.25) is 0 Å². The van der Waals surface area contributed by atoms with Gasteiger partial charge < -0.3 is 15.2 Å². The minimum Gasteiger partial charge on any atom is -0.497 e. The van der Waals surface area contributed by atoms with E-state index < -0.39 is 17.4 Å². The molecule has 0 unspecified atom stereocenters. The highest BCUT2D eigenvalue weighted by Gasteiger charge is 2.41. The molecule has 2 N–H and O–H groups in total. The number of carbonyl (C=O) groups is 2. The Morgan fingerprint density at radius 2 is 1.85 bits per heavy atom. The number of carbonyl (C=O) groups excluding carboxylic acids is 1. The summed E-state index contributed by atoms with van der Waals surface area (Å²) in [5, 5.41) is 16.7. The lowest BCUT2D eigenvalue weighted by molar-refractivity contribution is -0.145. The van der Waals surface area contributed by atoms with Gasteiger partial charge in [0.2, 0.25) is 0 Å². The van der Waals surface area contributed by atoms with Gasteiger partial charge >= 0.3 is 5.97 Å². The monoisotopic (exact) mass is 357 g/mol. The number of hydrogen-bond acceptors (Lipinski definition) is 4. The highest BCUT2D eigenvalue weighted by molar-refractivity contribution is 5.96. The average Bonchev–Trinajstić information content (AvgIpc) is 3.04. The van der Waals surface area contributed by atoms with Gasteiger partial charge in [0, 0.05) is 5.69 Å². The lowest BCUT2D eigenvalue weighted by Crippen LogP contribution is -2.55. The molecule has 3 rings (SSSR count). The van der Waals surface area contributed by atoms with Crippen LogP contribution in [0.25, 0.3) is 5.69 Å². The van der Waals surface area contributed by atoms with Gasteiger partial charge in [-0.3, -0.25) is 4.79 Å². The number of aryl methyl sites for hydroxylation is 1. The quantitative estimate of drug-likeness (QED) is 0.858. The number of carboxylic acids is 1. The Bertz CT molecular complexity index is 805. The van der Waals surface area contributed by atoms with Crippen LogP contribution in [-0.2, 0) is 4.79 Å². The second-order valence-corrected chi connectivity index (χ2v) is 6.68. The lowest BCUT2D eigenvalue weighted by Gasteiger charge is -2.33. The maximum atomic E-state index is 12.6. The first kappa shape index (κ1) is 18.0. The molecule has 2 aromatic rings. The molecule has 1 saturated carbocycles. The smallest absolute Gasteiger partial charge is 0.329 e. The Hall–Kier alpha value is -2.83. The Kier molecular flexibility index (Phi) is 4.97. The van der Waals surface area contributed by atoms with Gasteiger partial charge in [-0.15, -0.1) is 0 Å². The van der Waals surface area contributed by atoms with E-state index in [1.165, 1.54) is 0 Å². The Balaban J connectivity index is 1.83. The molecule has 1 heterocycles. The third-order valence-corrected chi connectivity index (χ3v) is 4.91. The van der Waals surface area contributed by atoms with Crippen molar-refractivity contribution in [2.24, 2.45) is 0 Å². The van der Waals surface area contributed by atoms with Gasteiger partial charge in [-0.25, -0.2) is 9.48 Å². The van der Waals surface area contributed by atoms with Gasteiger partial charge in [0.05, 0.1) is 12.8 Å². The van der Waals surface area contributed by atoms with E-state index in [1.54, 1.807) is 17.9 Å². The van der Waals surface area contributed by atoms with Crippen LogP contribution < -0.4 is 10.1 Å². The number of methoxy groups -OCH3 is 1. The van der Waals surface area contributed by atoms with Crippen LogP contribution in [0.5, 0.6) is 5.75 Å². The fourth-order valence-electron chi connectivity index (χ4n) is 3.40. The zero-order valence-electron chi connectivity index (χ0n) is 15.0. The van der Waals surface area contributed by atoms with E-state index in [2.05, 4.69) is 10.4 Å². The van der Waals surface area contributed by atoms with Crippen LogP contribution in [0.3, 0.4) is 0 Å². The molecule has 7 heteroatoms. The van der Waals surface area contributed by atoms with Crippen LogP contribution in [0.4, 0.5) is 0 Å². The van der Waals surface area contributed by atoms with Crippen molar-refractivity contribution in [2.75, 3.05) is 7.11 Å². The molecule has 0 atom stereocenters. The number of nitrogens with one attached hydrogen (secondary N) is 1. The molecule has 138 valence electrons. The van der Waals surface area contributed by atoms with E-state index in [-0.39, 0.29) is 5.69 Å². The van der Waals surface area contributed by atoms with Crippen LogP contribution >= 0.6 is 0 Å². The van der Waals surface area contributed by atoms with Crippen molar-refractivity contribution in [3.05, 3.63) is 41.7 Å². The summed E-state index contributed by atoms with van der Waals surface area (Å²) in [4.78, 5) is 24.4. The summed E-state index contributed by atoms with van der Waals surface area (Å²) in [6, 6.07) is 8.99. The maximum Gasteiger partial charge on any atom is 0.329 e. The lowest BCUT2D eigenvalue weighted by atomic mass is 9.81. The maximum absolute atomic E-state index is 12.6. The molecule has 1 aromatic heterocycles. The molecule has 26 heavy (non-hydrogen) atoms. The predicted molar refractivity (Wildman–Crippen MR) is 95.8 cm³/mol. The standard InChI is InChI=1S/C19H23N3O4/c1-13-12-16(21-22(13)14-6-8-15(26-2)9-7-14)17(23)20-19(18(24)25)10-4-3-5-11-19/h6-9,12H,3-5,10-11H2,1-2H3,(H,20,23)(H,24,25). The SMILES string of the molecule is COc1ccc(-n2nc(C(=O)NC3(C(=O)O)CCCCC3)cc2C)cc1. The average molecular weight is 357 g/mol. The minimum absolute atomic E-state index is 0.213. The van der Waals surface area contributed by atoms with Gasteiger partial charge in [-0.05, 0) is 50.1 Å². The normalized spacial score (nSPS) is 16.1. The van der Waals surface area contributed by atoms with E-state index in [4.69, 9.17) is 4.74 Å². The molecule has 1 amide bonds. The predicted octanol–water partition coefficient (Wildman–Crippen LogP) is 2.71. The molecular formula is C19H23N3O4. The van der Waals surface area contributed by atoms with E-state index in [9.17, 15) is 14.7 Å². The summed E-state index contributed by atoms with van der Waals surface area (Å²) in [7, 11) is 1.60. The topological polar surface area (TPSA) is 93.5 Å². The number of amides is 1. The van der Waals surface area contributed by atoms with Gasteiger partial charge in [-0.2, -0.15) is 5.10 Å². The molecule has 0 radical (unpaired) electrons. The van der Waals surface area contributed by atoms with Crippen LogP contribution in [-0.4, -0.2) is 39.4 Å². The molecule has 1 fully saturated rings. The first-order valence-electron chi connectivity index (χ1n) is 8.72. The Morgan fingerprint density at radius 3 is 2.42 bits per heavy atom. The molecule has 1 aliphatic carbocycles. The van der Waals surface area contributed by atoms with Crippen molar-refractivity contribution in [1.29, 1.82) is 0 Å². The zero-order chi connectivity index (χ0) is 18.7. The summed E-state index contributed by atoms with van der Waals surface area (Å²) in [6.45, 7) is 1.85. The zero-order valence-corrected chi connectivity index (χ0v) is 15.0. The molecule has 1 aromatic carbocycles. The van der Waals surface area contributed by atoms with Crippen molar-refractivity contribution < 1.29 is 19.4 Å². The van der Waals surface area contributed by atoms with E-state index in [1.807, 2.05) is 31.2 Å². The minimum atomic E-state index is -1.19. The van der Waals surface area contributed by atoms with Crippen LogP contribution in [0.1, 0.15) is 48.3 Å². The summed E-state index contributed by atoms with van der Waals surface area (Å²) in [5.74, 6) is -0.696. The second kappa shape index (κ2) is 7.19. The van der Waals surface area contributed by atoms with E-state index in [0.717, 1.165) is 36.4 Å². The van der Waals surface area contributed by atoms with Crippen molar-refractivity contribution in [2.45, 2.75) is 44.6 Å². The Morgan fingerprint density at radius 1 is 1.19 bits per heavy atom. The first-order chi connectivity index (χ1) is 12.4.